The van der Waals surface area contributed by atoms with Crippen LogP contribution in [0.3, 0.4) is 0 Å². The van der Waals surface area contributed by atoms with Crippen LogP contribution in [0.5, 0.6) is 5.75 Å². The van der Waals surface area contributed by atoms with Crippen LogP contribution in [0.1, 0.15) is 15.9 Å². The molecule has 4 nitrogen and oxygen atoms in total. The summed E-state index contributed by atoms with van der Waals surface area (Å²) in [7, 11) is 1.50. The van der Waals surface area contributed by atoms with E-state index in [0.29, 0.717) is 5.75 Å². The van der Waals surface area contributed by atoms with Gasteiger partial charge in [0.15, 0.2) is 0 Å². The van der Waals surface area contributed by atoms with Gasteiger partial charge in [0.1, 0.15) is 5.75 Å². The molecule has 0 aliphatic heterocycles. The first-order valence-corrected chi connectivity index (χ1v) is 5.76. The first-order chi connectivity index (χ1) is 9.13. The van der Waals surface area contributed by atoms with E-state index in [9.17, 15) is 4.79 Å². The number of carboxylic acids is 1. The number of aliphatic hydroxyl groups excluding tert-OH is 1. The van der Waals surface area contributed by atoms with E-state index in [1.165, 1.54) is 13.2 Å². The minimum absolute atomic E-state index is 0.0151. The maximum atomic E-state index is 11.1. The SMILES string of the molecule is COc1cc(C(=O)O)cc(-c2ccc(CO)cc2)c1. The number of hydrogen-bond donors (Lipinski definition) is 2. The van der Waals surface area contributed by atoms with Crippen LogP contribution in [0.4, 0.5) is 0 Å². The summed E-state index contributed by atoms with van der Waals surface area (Å²) in [5.41, 5.74) is 2.63. The molecule has 2 aromatic rings. The maximum Gasteiger partial charge on any atom is 0.335 e. The lowest BCUT2D eigenvalue weighted by Crippen LogP contribution is -1.98. The van der Waals surface area contributed by atoms with Crippen molar-refractivity contribution in [2.75, 3.05) is 7.11 Å². The summed E-state index contributed by atoms with van der Waals surface area (Å²) in [5.74, 6) is -0.492. The zero-order valence-corrected chi connectivity index (χ0v) is 10.5. The van der Waals surface area contributed by atoms with E-state index < -0.39 is 5.97 Å². The second kappa shape index (κ2) is 5.54. The largest absolute Gasteiger partial charge is 0.497 e. The molecule has 0 fully saturated rings. The molecule has 0 heterocycles. The Morgan fingerprint density at radius 2 is 1.79 bits per heavy atom. The van der Waals surface area contributed by atoms with Crippen molar-refractivity contribution in [3.8, 4) is 16.9 Å². The topological polar surface area (TPSA) is 66.8 Å². The molecule has 0 amide bonds. The van der Waals surface area contributed by atoms with Crippen LogP contribution in [-0.2, 0) is 6.61 Å². The third-order valence-corrected chi connectivity index (χ3v) is 2.86. The summed E-state index contributed by atoms with van der Waals surface area (Å²) in [6.45, 7) is -0.0151. The van der Waals surface area contributed by atoms with Crippen LogP contribution in [0.15, 0.2) is 42.5 Å². The number of aliphatic hydroxyl groups is 1. The fourth-order valence-corrected chi connectivity index (χ4v) is 1.81. The van der Waals surface area contributed by atoms with Crippen molar-refractivity contribution in [3.63, 3.8) is 0 Å². The molecule has 0 bridgehead atoms. The van der Waals surface area contributed by atoms with Crippen LogP contribution in [-0.4, -0.2) is 23.3 Å². The summed E-state index contributed by atoms with van der Waals surface area (Å²) >= 11 is 0. The van der Waals surface area contributed by atoms with Gasteiger partial charge in [-0.15, -0.1) is 0 Å². The number of benzene rings is 2. The monoisotopic (exact) mass is 258 g/mol. The lowest BCUT2D eigenvalue weighted by molar-refractivity contribution is 0.0696. The van der Waals surface area contributed by atoms with Crippen molar-refractivity contribution in [1.29, 1.82) is 0 Å². The summed E-state index contributed by atoms with van der Waals surface area (Å²) in [5, 5.41) is 18.1. The van der Waals surface area contributed by atoms with Gasteiger partial charge < -0.3 is 14.9 Å². The zero-order valence-electron chi connectivity index (χ0n) is 10.5. The Balaban J connectivity index is 2.47. The van der Waals surface area contributed by atoms with Gasteiger partial charge in [-0.25, -0.2) is 4.79 Å². The molecule has 0 aliphatic carbocycles. The molecule has 0 atom stereocenters. The molecule has 0 unspecified atom stereocenters. The van der Waals surface area contributed by atoms with Crippen LogP contribution in [0, 0.1) is 0 Å². The molecule has 0 aromatic heterocycles. The highest BCUT2D eigenvalue weighted by Gasteiger charge is 2.08. The average molecular weight is 258 g/mol. The van der Waals surface area contributed by atoms with E-state index in [4.69, 9.17) is 14.9 Å². The molecule has 0 saturated heterocycles. The molecule has 0 aliphatic rings. The molecular weight excluding hydrogens is 244 g/mol. The summed E-state index contributed by atoms with van der Waals surface area (Å²) in [6, 6.07) is 12.1. The minimum atomic E-state index is -0.993. The molecule has 0 spiro atoms. The summed E-state index contributed by atoms with van der Waals surface area (Å²) in [4.78, 5) is 11.1. The summed E-state index contributed by atoms with van der Waals surface area (Å²) in [6.07, 6.45) is 0. The molecule has 0 radical (unpaired) electrons. The normalized spacial score (nSPS) is 10.2. The molecule has 4 heteroatoms. The number of aromatic carboxylic acids is 1. The van der Waals surface area contributed by atoms with Crippen LogP contribution >= 0.6 is 0 Å². The number of methoxy groups -OCH3 is 1. The second-order valence-electron chi connectivity index (χ2n) is 4.11. The fraction of sp³-hybridized carbons (Fsp3) is 0.133. The zero-order chi connectivity index (χ0) is 13.8. The first kappa shape index (κ1) is 13.1. The predicted octanol–water partition coefficient (Wildman–Crippen LogP) is 2.55. The van der Waals surface area contributed by atoms with Crippen LogP contribution in [0.25, 0.3) is 11.1 Å². The smallest absolute Gasteiger partial charge is 0.335 e. The van der Waals surface area contributed by atoms with E-state index >= 15 is 0 Å². The molecule has 2 rings (SSSR count). The molecule has 0 saturated carbocycles. The Morgan fingerprint density at radius 1 is 1.11 bits per heavy atom. The van der Waals surface area contributed by atoms with E-state index in [1.807, 2.05) is 12.1 Å². The Morgan fingerprint density at radius 3 is 2.32 bits per heavy atom. The standard InChI is InChI=1S/C15H14O4/c1-19-14-7-12(6-13(8-14)15(17)18)11-4-2-10(9-16)3-5-11/h2-8,16H,9H2,1H3,(H,17,18). The number of carbonyl (C=O) groups is 1. The van der Waals surface area contributed by atoms with Gasteiger partial charge in [0.25, 0.3) is 0 Å². The van der Waals surface area contributed by atoms with Crippen molar-refractivity contribution < 1.29 is 19.7 Å². The van der Waals surface area contributed by atoms with Crippen molar-refractivity contribution in [2.24, 2.45) is 0 Å². The maximum absolute atomic E-state index is 11.1. The number of ether oxygens (including phenoxy) is 1. The highest BCUT2D eigenvalue weighted by molar-refractivity contribution is 5.90. The fourth-order valence-electron chi connectivity index (χ4n) is 1.81. The van der Waals surface area contributed by atoms with Crippen molar-refractivity contribution in [1.82, 2.24) is 0 Å². The van der Waals surface area contributed by atoms with E-state index in [-0.39, 0.29) is 12.2 Å². The Hall–Kier alpha value is -2.33. The Bertz CT molecular complexity index is 588. The quantitative estimate of drug-likeness (QED) is 0.884. The molecule has 2 aromatic carbocycles. The van der Waals surface area contributed by atoms with Gasteiger partial charge >= 0.3 is 5.97 Å². The highest BCUT2D eigenvalue weighted by Crippen LogP contribution is 2.26. The molecular formula is C15H14O4. The third kappa shape index (κ3) is 2.92. The number of rotatable bonds is 4. The molecule has 98 valence electrons. The van der Waals surface area contributed by atoms with Gasteiger partial charge in [0.05, 0.1) is 19.3 Å². The van der Waals surface area contributed by atoms with Gasteiger partial charge in [0.2, 0.25) is 0 Å². The first-order valence-electron chi connectivity index (χ1n) is 5.76. The minimum Gasteiger partial charge on any atom is -0.497 e. The van der Waals surface area contributed by atoms with Crippen LogP contribution < -0.4 is 4.74 Å². The lowest BCUT2D eigenvalue weighted by Gasteiger charge is -2.08. The van der Waals surface area contributed by atoms with Gasteiger partial charge in [-0.2, -0.15) is 0 Å². The van der Waals surface area contributed by atoms with Gasteiger partial charge in [0, 0.05) is 0 Å². The third-order valence-electron chi connectivity index (χ3n) is 2.86. The van der Waals surface area contributed by atoms with Crippen molar-refractivity contribution >= 4 is 5.97 Å². The van der Waals surface area contributed by atoms with Gasteiger partial charge in [-0.1, -0.05) is 24.3 Å². The van der Waals surface area contributed by atoms with E-state index in [0.717, 1.165) is 16.7 Å². The van der Waals surface area contributed by atoms with Crippen LogP contribution in [0.2, 0.25) is 0 Å². The van der Waals surface area contributed by atoms with E-state index in [2.05, 4.69) is 0 Å². The van der Waals surface area contributed by atoms with Crippen molar-refractivity contribution in [2.45, 2.75) is 6.61 Å². The highest BCUT2D eigenvalue weighted by atomic mass is 16.5. The summed E-state index contributed by atoms with van der Waals surface area (Å²) < 4.78 is 5.11. The molecule has 2 N–H and O–H groups in total. The van der Waals surface area contributed by atoms with Gasteiger partial charge in [-0.3, -0.25) is 0 Å². The second-order valence-corrected chi connectivity index (χ2v) is 4.11. The Labute approximate surface area is 110 Å². The lowest BCUT2D eigenvalue weighted by atomic mass is 10.0. The molecule has 19 heavy (non-hydrogen) atoms. The predicted molar refractivity (Wildman–Crippen MR) is 71.3 cm³/mol. The number of hydrogen-bond acceptors (Lipinski definition) is 3. The number of carboxylic acid groups (broad SMARTS) is 1. The Kier molecular flexibility index (Phi) is 3.82. The van der Waals surface area contributed by atoms with E-state index in [1.54, 1.807) is 24.3 Å². The average Bonchev–Trinajstić information content (AvgIpc) is 2.46. The van der Waals surface area contributed by atoms with Gasteiger partial charge in [-0.05, 0) is 34.9 Å². The van der Waals surface area contributed by atoms with Crippen molar-refractivity contribution in [3.05, 3.63) is 53.6 Å².